The molecule has 270 valence electrons. The first-order valence-electron chi connectivity index (χ1n) is 19.3. The highest BCUT2D eigenvalue weighted by Gasteiger charge is 2.19. The van der Waals surface area contributed by atoms with Crippen molar-refractivity contribution < 1.29 is 0 Å². The average Bonchev–Trinajstić information content (AvgIpc) is 3.85. The molecule has 0 radical (unpaired) electrons. The molecule has 0 aliphatic heterocycles. The van der Waals surface area contributed by atoms with Crippen molar-refractivity contribution >= 4 is 53.3 Å². The Kier molecular flexibility index (Phi) is 8.03. The first-order chi connectivity index (χ1) is 28.7. The van der Waals surface area contributed by atoms with Gasteiger partial charge in [0.15, 0.2) is 5.82 Å². The van der Waals surface area contributed by atoms with Crippen molar-refractivity contribution in [2.24, 2.45) is 0 Å². The van der Waals surface area contributed by atoms with Crippen LogP contribution in [0.25, 0.3) is 104 Å². The van der Waals surface area contributed by atoms with Gasteiger partial charge in [0, 0.05) is 53.3 Å². The molecular formula is C53H32N4S. The van der Waals surface area contributed by atoms with Gasteiger partial charge in [-0.15, -0.1) is 11.3 Å². The van der Waals surface area contributed by atoms with Crippen LogP contribution in [-0.4, -0.2) is 14.5 Å². The molecule has 0 fully saturated rings. The van der Waals surface area contributed by atoms with Crippen LogP contribution in [0.3, 0.4) is 0 Å². The maximum Gasteiger partial charge on any atom is 0.160 e. The fraction of sp³-hybridized carbons (Fsp3) is 0. The molecule has 0 atom stereocenters. The van der Waals surface area contributed by atoms with Crippen molar-refractivity contribution in [3.05, 3.63) is 200 Å². The highest BCUT2D eigenvalue weighted by Crippen LogP contribution is 2.42. The van der Waals surface area contributed by atoms with Gasteiger partial charge in [0.2, 0.25) is 0 Å². The van der Waals surface area contributed by atoms with E-state index in [1.807, 2.05) is 72.0 Å². The Hall–Kier alpha value is -7.65. The second-order valence-electron chi connectivity index (χ2n) is 14.5. The molecule has 0 N–H and O–H groups in total. The molecule has 8 aromatic carbocycles. The largest absolute Gasteiger partial charge is 0.309 e. The van der Waals surface area contributed by atoms with Crippen molar-refractivity contribution in [2.75, 3.05) is 0 Å². The third-order valence-electron chi connectivity index (χ3n) is 11.0. The number of hydrogen-bond acceptors (Lipinski definition) is 4. The number of para-hydroxylation sites is 1. The Morgan fingerprint density at radius 3 is 1.79 bits per heavy atom. The van der Waals surface area contributed by atoms with Gasteiger partial charge < -0.3 is 4.57 Å². The van der Waals surface area contributed by atoms with Crippen LogP contribution in [0.5, 0.6) is 0 Å². The topological polar surface area (TPSA) is 54.5 Å². The van der Waals surface area contributed by atoms with Gasteiger partial charge in [0.05, 0.1) is 34.1 Å². The van der Waals surface area contributed by atoms with Gasteiger partial charge in [-0.05, 0) is 76.9 Å². The number of hydrogen-bond donors (Lipinski definition) is 0. The Bertz CT molecular complexity index is 3330. The van der Waals surface area contributed by atoms with Gasteiger partial charge in [-0.2, -0.15) is 5.26 Å². The molecule has 0 amide bonds. The van der Waals surface area contributed by atoms with Gasteiger partial charge in [0.1, 0.15) is 0 Å². The highest BCUT2D eigenvalue weighted by molar-refractivity contribution is 7.26. The average molecular weight is 757 g/mol. The molecule has 11 aromatic rings. The smallest absolute Gasteiger partial charge is 0.160 e. The van der Waals surface area contributed by atoms with Crippen molar-refractivity contribution in [1.82, 2.24) is 14.5 Å². The van der Waals surface area contributed by atoms with E-state index in [1.54, 1.807) is 0 Å². The van der Waals surface area contributed by atoms with E-state index in [-0.39, 0.29) is 0 Å². The van der Waals surface area contributed by atoms with E-state index >= 15 is 0 Å². The van der Waals surface area contributed by atoms with Gasteiger partial charge >= 0.3 is 0 Å². The molecule has 0 unspecified atom stereocenters. The van der Waals surface area contributed by atoms with E-state index in [0.717, 1.165) is 55.9 Å². The number of benzene rings is 8. The molecule has 0 spiro atoms. The zero-order valence-corrected chi connectivity index (χ0v) is 32.0. The third-order valence-corrected chi connectivity index (χ3v) is 12.3. The van der Waals surface area contributed by atoms with Crippen LogP contribution in [0.1, 0.15) is 5.56 Å². The van der Waals surface area contributed by atoms with Crippen LogP contribution in [0.15, 0.2) is 194 Å². The summed E-state index contributed by atoms with van der Waals surface area (Å²) in [6.07, 6.45) is 0. The van der Waals surface area contributed by atoms with E-state index in [4.69, 9.17) is 9.97 Å². The van der Waals surface area contributed by atoms with Gasteiger partial charge in [0.25, 0.3) is 0 Å². The quantitative estimate of drug-likeness (QED) is 0.170. The number of rotatable bonds is 6. The highest BCUT2D eigenvalue weighted by atomic mass is 32.1. The Balaban J connectivity index is 1.17. The fourth-order valence-electron chi connectivity index (χ4n) is 8.25. The molecule has 3 heterocycles. The number of nitriles is 1. The summed E-state index contributed by atoms with van der Waals surface area (Å²) in [5.74, 6) is 0.634. The summed E-state index contributed by atoms with van der Waals surface area (Å²) in [6, 6.07) is 70.2. The van der Waals surface area contributed by atoms with Crippen LogP contribution >= 0.6 is 11.3 Å². The summed E-state index contributed by atoms with van der Waals surface area (Å²) in [5.41, 5.74) is 12.9. The number of thiophene rings is 1. The minimum atomic E-state index is 0.620. The maximum atomic E-state index is 9.63. The van der Waals surface area contributed by atoms with Crippen molar-refractivity contribution in [3.8, 4) is 67.9 Å². The predicted octanol–water partition coefficient (Wildman–Crippen LogP) is 14.1. The second kappa shape index (κ2) is 13.8. The first kappa shape index (κ1) is 33.7. The summed E-state index contributed by atoms with van der Waals surface area (Å²) in [4.78, 5) is 10.5. The second-order valence-corrected chi connectivity index (χ2v) is 15.6. The molecular weight excluding hydrogens is 725 g/mol. The summed E-state index contributed by atoms with van der Waals surface area (Å²) in [7, 11) is 0. The zero-order chi connectivity index (χ0) is 38.6. The van der Waals surface area contributed by atoms with E-state index in [2.05, 4.69) is 144 Å². The Morgan fingerprint density at radius 2 is 1.05 bits per heavy atom. The predicted molar refractivity (Wildman–Crippen MR) is 241 cm³/mol. The molecule has 4 nitrogen and oxygen atoms in total. The Morgan fingerprint density at radius 1 is 0.431 bits per heavy atom. The molecule has 11 rings (SSSR count). The normalized spacial score (nSPS) is 11.4. The minimum Gasteiger partial charge on any atom is -0.309 e. The van der Waals surface area contributed by atoms with Crippen molar-refractivity contribution in [3.63, 3.8) is 0 Å². The summed E-state index contributed by atoms with van der Waals surface area (Å²) < 4.78 is 4.97. The van der Waals surface area contributed by atoms with Gasteiger partial charge in [-0.1, -0.05) is 140 Å². The molecule has 0 aliphatic carbocycles. The monoisotopic (exact) mass is 756 g/mol. The fourth-order valence-corrected chi connectivity index (χ4v) is 9.49. The summed E-state index contributed by atoms with van der Waals surface area (Å²) in [5, 5.41) is 14.6. The number of fused-ring (bicyclic) bond motifs is 6. The SMILES string of the molecule is N#Cc1ccc(-c2cc(-c3nc(-c4ccccc4)cc(-c4ccccc4)n3)cc(-n3c4ccccc4c4ccc(-c5cccc6c5sc5ccccc56)cc43)c2)cc1. The lowest BCUT2D eigenvalue weighted by Crippen LogP contribution is -1.99. The lowest BCUT2D eigenvalue weighted by molar-refractivity contribution is 1.16. The van der Waals surface area contributed by atoms with Gasteiger partial charge in [-0.25, -0.2) is 9.97 Å². The number of nitrogens with zero attached hydrogens (tertiary/aromatic N) is 4. The first-order valence-corrected chi connectivity index (χ1v) is 20.1. The molecule has 3 aromatic heterocycles. The van der Waals surface area contributed by atoms with Crippen LogP contribution in [0.4, 0.5) is 0 Å². The lowest BCUT2D eigenvalue weighted by atomic mass is 9.99. The van der Waals surface area contributed by atoms with Crippen LogP contribution < -0.4 is 0 Å². The van der Waals surface area contributed by atoms with Gasteiger partial charge in [-0.3, -0.25) is 0 Å². The van der Waals surface area contributed by atoms with Crippen molar-refractivity contribution in [1.29, 1.82) is 5.26 Å². The molecule has 0 saturated carbocycles. The summed E-state index contributed by atoms with van der Waals surface area (Å²) >= 11 is 1.85. The summed E-state index contributed by atoms with van der Waals surface area (Å²) in [6.45, 7) is 0. The maximum absolute atomic E-state index is 9.63. The molecule has 58 heavy (non-hydrogen) atoms. The van der Waals surface area contributed by atoms with E-state index < -0.39 is 0 Å². The van der Waals surface area contributed by atoms with Crippen molar-refractivity contribution in [2.45, 2.75) is 0 Å². The number of aromatic nitrogens is 3. The minimum absolute atomic E-state index is 0.620. The van der Waals surface area contributed by atoms with Crippen LogP contribution in [0.2, 0.25) is 0 Å². The molecule has 0 aliphatic rings. The molecule has 5 heteroatoms. The Labute approximate surface area is 339 Å². The lowest BCUT2D eigenvalue weighted by Gasteiger charge is -2.15. The third kappa shape index (κ3) is 5.75. The molecule has 0 bridgehead atoms. The standard InChI is InChI=1S/C53H32N4S/c54-33-34-22-24-35(25-23-34)39-28-40(53-55-47(36-12-3-1-4-13-36)32-48(56-53)37-14-5-2-6-15-37)30-41(29-39)57-49-20-9-7-16-43(49)44-27-26-38(31-50(44)57)42-18-11-19-46-45-17-8-10-21-51(45)58-52(42)46/h1-32H. The molecule has 0 saturated heterocycles. The van der Waals surface area contributed by atoms with Crippen LogP contribution in [-0.2, 0) is 0 Å². The van der Waals surface area contributed by atoms with E-state index in [9.17, 15) is 5.26 Å². The van der Waals surface area contributed by atoms with E-state index in [1.165, 1.54) is 42.1 Å². The zero-order valence-electron chi connectivity index (χ0n) is 31.2. The van der Waals surface area contributed by atoms with E-state index in [0.29, 0.717) is 11.4 Å². The van der Waals surface area contributed by atoms with Crippen LogP contribution in [0, 0.1) is 11.3 Å².